The second kappa shape index (κ2) is 7.29. The number of sulfonamides is 1. The van der Waals surface area contributed by atoms with Gasteiger partial charge in [-0.1, -0.05) is 28.9 Å². The summed E-state index contributed by atoms with van der Waals surface area (Å²) in [6, 6.07) is 10.8. The van der Waals surface area contributed by atoms with Crippen molar-refractivity contribution in [2.45, 2.75) is 25.2 Å². The molecule has 0 amide bonds. The van der Waals surface area contributed by atoms with Crippen molar-refractivity contribution in [2.75, 3.05) is 6.54 Å². The van der Waals surface area contributed by atoms with E-state index in [1.54, 1.807) is 31.2 Å². The van der Waals surface area contributed by atoms with E-state index in [1.807, 2.05) is 19.1 Å². The third kappa shape index (κ3) is 4.30. The Hall–Kier alpha value is -1.67. The van der Waals surface area contributed by atoms with Gasteiger partial charge in [-0.15, -0.1) is 11.3 Å². The van der Waals surface area contributed by atoms with Crippen LogP contribution in [-0.4, -0.2) is 20.1 Å². The molecule has 0 saturated heterocycles. The molecule has 0 aliphatic heterocycles. The summed E-state index contributed by atoms with van der Waals surface area (Å²) in [6.45, 7) is 3.92. The molecule has 0 saturated carbocycles. The number of thiophene rings is 1. The summed E-state index contributed by atoms with van der Waals surface area (Å²) in [5.74, 6) is 0.577. The van der Waals surface area contributed by atoms with E-state index in [9.17, 15) is 8.42 Å². The zero-order valence-corrected chi connectivity index (χ0v) is 16.1. The fourth-order valence-corrected chi connectivity index (χ4v) is 5.09. The van der Waals surface area contributed by atoms with E-state index in [1.165, 1.54) is 11.3 Å². The van der Waals surface area contributed by atoms with Crippen LogP contribution in [0.5, 0.6) is 0 Å². The minimum absolute atomic E-state index is 0.276. The Labute approximate surface area is 155 Å². The lowest BCUT2D eigenvalue weighted by molar-refractivity contribution is 0.428. The van der Waals surface area contributed by atoms with Crippen LogP contribution < -0.4 is 4.72 Å². The van der Waals surface area contributed by atoms with Crippen molar-refractivity contribution in [3.63, 3.8) is 0 Å². The maximum atomic E-state index is 12.6. The van der Waals surface area contributed by atoms with Gasteiger partial charge < -0.3 is 4.52 Å². The van der Waals surface area contributed by atoms with Crippen molar-refractivity contribution in [2.24, 2.45) is 0 Å². The Bertz CT molecular complexity index is 976. The largest absolute Gasteiger partial charge is 0.355 e. The van der Waals surface area contributed by atoms with Crippen molar-refractivity contribution in [1.29, 1.82) is 0 Å². The Morgan fingerprint density at radius 3 is 2.56 bits per heavy atom. The molecule has 2 heterocycles. The van der Waals surface area contributed by atoms with Crippen molar-refractivity contribution >= 4 is 33.0 Å². The van der Waals surface area contributed by atoms with Gasteiger partial charge in [0.05, 0.1) is 15.5 Å². The summed E-state index contributed by atoms with van der Waals surface area (Å²) in [7, 11) is -3.58. The molecule has 0 aliphatic carbocycles. The summed E-state index contributed by atoms with van der Waals surface area (Å²) < 4.78 is 33.0. The molecule has 0 radical (unpaired) electrons. The van der Waals surface area contributed by atoms with E-state index in [2.05, 4.69) is 9.88 Å². The molecule has 2 aromatic heterocycles. The molecular weight excluding hydrogens is 380 g/mol. The van der Waals surface area contributed by atoms with Crippen LogP contribution in [0, 0.1) is 13.8 Å². The van der Waals surface area contributed by atoms with Crippen LogP contribution in [0.25, 0.3) is 10.6 Å². The lowest BCUT2D eigenvalue weighted by Gasteiger charge is -2.06. The molecule has 1 N–H and O–H groups in total. The van der Waals surface area contributed by atoms with E-state index < -0.39 is 10.0 Å². The van der Waals surface area contributed by atoms with Gasteiger partial charge in [0.25, 0.3) is 0 Å². The van der Waals surface area contributed by atoms with E-state index >= 15 is 0 Å². The quantitative estimate of drug-likeness (QED) is 0.677. The molecule has 3 rings (SSSR count). The van der Waals surface area contributed by atoms with E-state index in [0.29, 0.717) is 28.6 Å². The molecule has 0 aliphatic rings. The van der Waals surface area contributed by atoms with Gasteiger partial charge in [-0.05, 0) is 44.0 Å². The molecule has 0 bridgehead atoms. The Morgan fingerprint density at radius 1 is 1.20 bits per heavy atom. The number of nitrogens with zero attached hydrogens (tertiary/aromatic N) is 1. The smallest absolute Gasteiger partial charge is 0.241 e. The summed E-state index contributed by atoms with van der Waals surface area (Å²) in [6.07, 6.45) is 0.591. The molecule has 3 aromatic rings. The van der Waals surface area contributed by atoms with E-state index in [-0.39, 0.29) is 4.90 Å². The first-order valence-corrected chi connectivity index (χ1v) is 10.3. The van der Waals surface area contributed by atoms with Gasteiger partial charge in [0.2, 0.25) is 10.0 Å². The maximum Gasteiger partial charge on any atom is 0.241 e. The van der Waals surface area contributed by atoms with Gasteiger partial charge in [-0.25, -0.2) is 13.1 Å². The Kier molecular flexibility index (Phi) is 5.29. The Morgan fingerprint density at radius 2 is 1.92 bits per heavy atom. The van der Waals surface area contributed by atoms with Gasteiger partial charge in [-0.2, -0.15) is 0 Å². The van der Waals surface area contributed by atoms with Crippen LogP contribution >= 0.6 is 22.9 Å². The number of rotatable bonds is 6. The number of benzene rings is 1. The number of aryl methyl sites for hydroxylation is 2. The van der Waals surface area contributed by atoms with Crippen molar-refractivity contribution in [1.82, 2.24) is 9.88 Å². The topological polar surface area (TPSA) is 72.2 Å². The molecule has 25 heavy (non-hydrogen) atoms. The number of hydrogen-bond donors (Lipinski definition) is 1. The van der Waals surface area contributed by atoms with Crippen LogP contribution in [0.2, 0.25) is 5.02 Å². The van der Waals surface area contributed by atoms with Crippen LogP contribution in [-0.2, 0) is 16.4 Å². The van der Waals surface area contributed by atoms with Gasteiger partial charge in [0.15, 0.2) is 5.76 Å². The summed E-state index contributed by atoms with van der Waals surface area (Å²) >= 11 is 7.22. The zero-order chi connectivity index (χ0) is 18.0. The zero-order valence-electron chi connectivity index (χ0n) is 13.7. The molecular formula is C17H17ClN2O3S2. The van der Waals surface area contributed by atoms with Crippen molar-refractivity contribution < 1.29 is 12.9 Å². The Balaban J connectivity index is 1.71. The predicted molar refractivity (Wildman–Crippen MR) is 99.6 cm³/mol. The minimum Gasteiger partial charge on any atom is -0.355 e. The SMILES string of the molecule is Cc1cc(-c2cc(S(=O)(=O)NCCc3ccc(Cl)cc3)c(C)s2)on1. The highest BCUT2D eigenvalue weighted by atomic mass is 35.5. The number of aromatic nitrogens is 1. The van der Waals surface area contributed by atoms with Gasteiger partial charge in [0.1, 0.15) is 0 Å². The van der Waals surface area contributed by atoms with Crippen molar-refractivity contribution in [3.05, 3.63) is 57.6 Å². The summed E-state index contributed by atoms with van der Waals surface area (Å²) in [4.78, 5) is 1.73. The van der Waals surface area contributed by atoms with Crippen LogP contribution in [0.4, 0.5) is 0 Å². The second-order valence-corrected chi connectivity index (χ2v) is 9.07. The standard InChI is InChI=1S/C17H17ClN2O3S2/c1-11-9-15(23-20-11)16-10-17(12(2)24-16)25(21,22)19-8-7-13-3-5-14(18)6-4-13/h3-6,9-10,19H,7-8H2,1-2H3. The van der Waals surface area contributed by atoms with Gasteiger partial charge >= 0.3 is 0 Å². The van der Waals surface area contributed by atoms with Crippen LogP contribution in [0.15, 0.2) is 45.8 Å². The highest BCUT2D eigenvalue weighted by Gasteiger charge is 2.21. The molecule has 0 fully saturated rings. The third-order valence-electron chi connectivity index (χ3n) is 3.65. The summed E-state index contributed by atoms with van der Waals surface area (Å²) in [5.41, 5.74) is 1.78. The first-order valence-electron chi connectivity index (χ1n) is 7.63. The minimum atomic E-state index is -3.58. The molecule has 1 aromatic carbocycles. The second-order valence-electron chi connectivity index (χ2n) is 5.64. The average Bonchev–Trinajstić information content (AvgIpc) is 3.15. The monoisotopic (exact) mass is 396 g/mol. The van der Waals surface area contributed by atoms with Gasteiger partial charge in [-0.3, -0.25) is 0 Å². The third-order valence-corrected chi connectivity index (χ3v) is 6.69. The predicted octanol–water partition coefficient (Wildman–Crippen LogP) is 4.19. The normalized spacial score (nSPS) is 11.8. The van der Waals surface area contributed by atoms with Crippen molar-refractivity contribution in [3.8, 4) is 10.6 Å². The molecule has 0 unspecified atom stereocenters. The maximum absolute atomic E-state index is 12.6. The fraction of sp³-hybridized carbons (Fsp3) is 0.235. The highest BCUT2D eigenvalue weighted by Crippen LogP contribution is 2.33. The fourth-order valence-electron chi connectivity index (χ4n) is 2.39. The van der Waals surface area contributed by atoms with E-state index in [0.717, 1.165) is 16.1 Å². The van der Waals surface area contributed by atoms with Crippen LogP contribution in [0.1, 0.15) is 16.1 Å². The number of nitrogens with one attached hydrogen (secondary N) is 1. The molecule has 5 nitrogen and oxygen atoms in total. The van der Waals surface area contributed by atoms with E-state index in [4.69, 9.17) is 16.1 Å². The lowest BCUT2D eigenvalue weighted by atomic mass is 10.2. The molecule has 132 valence electrons. The first-order chi connectivity index (χ1) is 11.8. The molecule has 0 atom stereocenters. The lowest BCUT2D eigenvalue weighted by Crippen LogP contribution is -2.26. The number of hydrogen-bond acceptors (Lipinski definition) is 5. The number of halogens is 1. The van der Waals surface area contributed by atoms with Gasteiger partial charge in [0, 0.05) is 22.5 Å². The molecule has 0 spiro atoms. The summed E-state index contributed by atoms with van der Waals surface area (Å²) in [5, 5.41) is 4.50. The first kappa shape index (κ1) is 18.1. The van der Waals surface area contributed by atoms with Crippen LogP contribution in [0.3, 0.4) is 0 Å². The molecule has 8 heteroatoms. The average molecular weight is 397 g/mol. The highest BCUT2D eigenvalue weighted by molar-refractivity contribution is 7.89.